The number of piperidine rings is 3. The molecule has 3 saturated heterocycles. The van der Waals surface area contributed by atoms with Gasteiger partial charge in [0, 0.05) is 31.3 Å². The third-order valence-corrected chi connectivity index (χ3v) is 6.05. The minimum absolute atomic E-state index is 0. The molecule has 5 rings (SSSR count). The van der Waals surface area contributed by atoms with Crippen molar-refractivity contribution in [1.29, 1.82) is 0 Å². The highest BCUT2D eigenvalue weighted by Crippen LogP contribution is 2.43. The fourth-order valence-corrected chi connectivity index (χ4v) is 4.71. The second-order valence-electron chi connectivity index (χ2n) is 7.19. The lowest BCUT2D eigenvalue weighted by Gasteiger charge is -2.51. The Bertz CT molecular complexity index is 782. The van der Waals surface area contributed by atoms with Crippen LogP contribution in [0.25, 0.3) is 10.9 Å². The molecular formula is C21H27ClN2O2. The summed E-state index contributed by atoms with van der Waals surface area (Å²) >= 11 is 0. The van der Waals surface area contributed by atoms with Gasteiger partial charge in [0.05, 0.1) is 18.7 Å². The van der Waals surface area contributed by atoms with Crippen molar-refractivity contribution in [2.24, 2.45) is 11.8 Å². The molecule has 0 spiro atoms. The molecule has 3 fully saturated rings. The van der Waals surface area contributed by atoms with Gasteiger partial charge in [0.2, 0.25) is 0 Å². The molecule has 2 aromatic rings. The molecule has 1 aromatic heterocycles. The Balaban J connectivity index is 0.00000196. The Hall–Kier alpha value is -1.62. The summed E-state index contributed by atoms with van der Waals surface area (Å²) in [7, 11) is 3.53. The normalized spacial score (nSPS) is 28.4. The predicted molar refractivity (Wildman–Crippen MR) is 107 cm³/mol. The Morgan fingerprint density at radius 1 is 1.31 bits per heavy atom. The molecule has 5 atom stereocenters. The summed E-state index contributed by atoms with van der Waals surface area (Å²) in [5.74, 6) is 2.21. The molecule has 0 aliphatic carbocycles. The van der Waals surface area contributed by atoms with Crippen LogP contribution in [0.1, 0.15) is 24.5 Å². The van der Waals surface area contributed by atoms with Crippen molar-refractivity contribution < 1.29 is 9.47 Å². The van der Waals surface area contributed by atoms with Gasteiger partial charge >= 0.3 is 0 Å². The zero-order valence-corrected chi connectivity index (χ0v) is 16.2. The second kappa shape index (κ2) is 7.95. The van der Waals surface area contributed by atoms with Gasteiger partial charge in [-0.05, 0) is 61.1 Å². The Morgan fingerprint density at radius 3 is 2.81 bits per heavy atom. The number of pyridine rings is 1. The lowest BCUT2D eigenvalue weighted by Crippen LogP contribution is -2.55. The largest absolute Gasteiger partial charge is 0.497 e. The van der Waals surface area contributed by atoms with E-state index < -0.39 is 0 Å². The van der Waals surface area contributed by atoms with Gasteiger partial charge in [0.1, 0.15) is 5.75 Å². The minimum atomic E-state index is 0. The first kappa shape index (κ1) is 19.2. The highest BCUT2D eigenvalue weighted by Gasteiger charge is 2.42. The van der Waals surface area contributed by atoms with E-state index in [-0.39, 0.29) is 18.5 Å². The van der Waals surface area contributed by atoms with Crippen molar-refractivity contribution in [3.8, 4) is 5.75 Å². The zero-order chi connectivity index (χ0) is 17.4. The SMILES string of the molecule is C=C[C@@H]1CN2CC[C@@H]1C[C@@H]2[C@@H](OC)c1ccnc2ccc(OC)cc12.Cl. The molecule has 3 aliphatic heterocycles. The number of halogens is 1. The number of hydrogen-bond donors (Lipinski definition) is 0. The summed E-state index contributed by atoms with van der Waals surface area (Å²) in [5.41, 5.74) is 2.19. The number of rotatable bonds is 5. The fraction of sp³-hybridized carbons (Fsp3) is 0.476. The molecule has 140 valence electrons. The maximum atomic E-state index is 6.04. The van der Waals surface area contributed by atoms with Crippen LogP contribution in [0.5, 0.6) is 5.75 Å². The quantitative estimate of drug-likeness (QED) is 0.733. The van der Waals surface area contributed by atoms with Gasteiger partial charge in [-0.2, -0.15) is 0 Å². The molecular weight excluding hydrogens is 348 g/mol. The van der Waals surface area contributed by atoms with Gasteiger partial charge in [-0.15, -0.1) is 19.0 Å². The van der Waals surface area contributed by atoms with E-state index in [9.17, 15) is 0 Å². The molecule has 4 heterocycles. The maximum absolute atomic E-state index is 6.04. The molecule has 0 saturated carbocycles. The van der Waals surface area contributed by atoms with Crippen molar-refractivity contribution >= 4 is 23.3 Å². The molecule has 26 heavy (non-hydrogen) atoms. The van der Waals surface area contributed by atoms with E-state index >= 15 is 0 Å². The zero-order valence-electron chi connectivity index (χ0n) is 15.4. The molecule has 0 amide bonds. The highest BCUT2D eigenvalue weighted by atomic mass is 35.5. The average Bonchev–Trinajstić information content (AvgIpc) is 2.68. The highest BCUT2D eigenvalue weighted by molar-refractivity contribution is 5.85. The number of benzene rings is 1. The third-order valence-electron chi connectivity index (χ3n) is 6.05. The molecule has 4 nitrogen and oxygen atoms in total. The van der Waals surface area contributed by atoms with E-state index in [2.05, 4.69) is 34.7 Å². The first-order valence-corrected chi connectivity index (χ1v) is 9.07. The molecule has 3 aliphatic rings. The Labute approximate surface area is 161 Å². The van der Waals surface area contributed by atoms with Crippen molar-refractivity contribution in [2.75, 3.05) is 27.3 Å². The molecule has 2 bridgehead atoms. The summed E-state index contributed by atoms with van der Waals surface area (Å²) in [6, 6.07) is 8.57. The van der Waals surface area contributed by atoms with E-state index in [1.54, 1.807) is 7.11 Å². The van der Waals surface area contributed by atoms with Gasteiger partial charge in [-0.25, -0.2) is 0 Å². The number of hydrogen-bond acceptors (Lipinski definition) is 4. The second-order valence-corrected chi connectivity index (χ2v) is 7.19. The van der Waals surface area contributed by atoms with Crippen LogP contribution in [0, 0.1) is 11.8 Å². The first-order chi connectivity index (χ1) is 12.2. The standard InChI is InChI=1S/C21H26N2O2.ClH/c1-4-14-13-23-10-8-15(14)11-20(23)21(25-3)17-7-9-22-19-6-5-16(24-2)12-18(17)19;/h4-7,9,12,14-15,20-21H,1,8,10-11,13H2,2-3H3;1H/t14-,15-,20-,21+;/m1./s1. The maximum Gasteiger partial charge on any atom is 0.119 e. The van der Waals surface area contributed by atoms with Crippen molar-refractivity contribution in [2.45, 2.75) is 25.0 Å². The molecule has 1 unspecified atom stereocenters. The van der Waals surface area contributed by atoms with E-state index in [0.29, 0.717) is 12.0 Å². The minimum Gasteiger partial charge on any atom is -0.497 e. The Kier molecular flexibility index (Phi) is 5.86. The van der Waals surface area contributed by atoms with Gasteiger partial charge in [-0.1, -0.05) is 6.08 Å². The van der Waals surface area contributed by atoms with Gasteiger partial charge < -0.3 is 9.47 Å². The summed E-state index contributed by atoms with van der Waals surface area (Å²) in [6.45, 7) is 6.29. The van der Waals surface area contributed by atoms with Crippen LogP contribution < -0.4 is 4.74 Å². The van der Waals surface area contributed by atoms with Crippen LogP contribution in [0.15, 0.2) is 43.1 Å². The smallest absolute Gasteiger partial charge is 0.119 e. The number of fused-ring (bicyclic) bond motifs is 4. The number of aromatic nitrogens is 1. The van der Waals surface area contributed by atoms with Gasteiger partial charge in [-0.3, -0.25) is 9.88 Å². The predicted octanol–water partition coefficient (Wildman–Crippen LogP) is 4.25. The monoisotopic (exact) mass is 374 g/mol. The molecule has 0 N–H and O–H groups in total. The summed E-state index contributed by atoms with van der Waals surface area (Å²) in [5, 5.41) is 1.12. The Morgan fingerprint density at radius 2 is 2.15 bits per heavy atom. The lowest BCUT2D eigenvalue weighted by molar-refractivity contribution is -0.0601. The van der Waals surface area contributed by atoms with Crippen LogP contribution in [0.4, 0.5) is 0 Å². The number of ether oxygens (including phenoxy) is 2. The fourth-order valence-electron chi connectivity index (χ4n) is 4.71. The summed E-state index contributed by atoms with van der Waals surface area (Å²) < 4.78 is 11.5. The summed E-state index contributed by atoms with van der Waals surface area (Å²) in [6.07, 6.45) is 6.52. The topological polar surface area (TPSA) is 34.6 Å². The van der Waals surface area contributed by atoms with E-state index in [1.165, 1.54) is 18.4 Å². The van der Waals surface area contributed by atoms with Crippen molar-refractivity contribution in [3.63, 3.8) is 0 Å². The first-order valence-electron chi connectivity index (χ1n) is 9.07. The lowest BCUT2D eigenvalue weighted by atomic mass is 9.73. The van der Waals surface area contributed by atoms with E-state index in [4.69, 9.17) is 9.47 Å². The van der Waals surface area contributed by atoms with Crippen LogP contribution in [0.3, 0.4) is 0 Å². The average molecular weight is 375 g/mol. The molecule has 1 aromatic carbocycles. The molecule has 5 heteroatoms. The van der Waals surface area contributed by atoms with Crippen LogP contribution in [-0.4, -0.2) is 43.2 Å². The van der Waals surface area contributed by atoms with Crippen molar-refractivity contribution in [3.05, 3.63) is 48.7 Å². The van der Waals surface area contributed by atoms with Gasteiger partial charge in [0.25, 0.3) is 0 Å². The van der Waals surface area contributed by atoms with E-state index in [0.717, 1.165) is 35.7 Å². The third kappa shape index (κ3) is 3.22. The molecule has 0 radical (unpaired) electrons. The van der Waals surface area contributed by atoms with Crippen LogP contribution in [0.2, 0.25) is 0 Å². The number of methoxy groups -OCH3 is 2. The van der Waals surface area contributed by atoms with Crippen molar-refractivity contribution in [1.82, 2.24) is 9.88 Å². The van der Waals surface area contributed by atoms with Crippen LogP contribution in [-0.2, 0) is 4.74 Å². The van der Waals surface area contributed by atoms with E-state index in [1.807, 2.05) is 25.4 Å². The van der Waals surface area contributed by atoms with Crippen LogP contribution >= 0.6 is 12.4 Å². The number of nitrogens with zero attached hydrogens (tertiary/aromatic N) is 2. The van der Waals surface area contributed by atoms with Gasteiger partial charge in [0.15, 0.2) is 0 Å². The summed E-state index contributed by atoms with van der Waals surface area (Å²) in [4.78, 5) is 7.10.